The molecule has 2 heterocycles. The first-order valence-electron chi connectivity index (χ1n) is 8.63. The van der Waals surface area contributed by atoms with E-state index in [0.717, 1.165) is 25.0 Å². The number of hydrogen-bond acceptors (Lipinski definition) is 4. The fourth-order valence-corrected chi connectivity index (χ4v) is 3.09. The van der Waals surface area contributed by atoms with Gasteiger partial charge in [0.2, 0.25) is 11.8 Å². The molecule has 1 saturated heterocycles. The van der Waals surface area contributed by atoms with Crippen molar-refractivity contribution in [2.75, 3.05) is 6.54 Å². The SMILES string of the molecule is CCCc1noc(C2CCC(=O)N(Cc3cccc(C(F)(F)F)c3)C2)n1. The number of benzene rings is 1. The lowest BCUT2D eigenvalue weighted by Crippen LogP contribution is -2.38. The first kappa shape index (κ1) is 18.4. The summed E-state index contributed by atoms with van der Waals surface area (Å²) >= 11 is 0. The van der Waals surface area contributed by atoms with Gasteiger partial charge in [-0.05, 0) is 30.5 Å². The number of piperidine rings is 1. The Hall–Kier alpha value is -2.38. The zero-order chi connectivity index (χ0) is 18.7. The summed E-state index contributed by atoms with van der Waals surface area (Å²) in [5.41, 5.74) is -0.261. The molecule has 1 unspecified atom stereocenters. The van der Waals surface area contributed by atoms with Crippen LogP contribution in [-0.4, -0.2) is 27.5 Å². The Morgan fingerprint density at radius 1 is 1.35 bits per heavy atom. The molecular formula is C18H20F3N3O2. The van der Waals surface area contributed by atoms with Crippen LogP contribution < -0.4 is 0 Å². The van der Waals surface area contributed by atoms with Crippen LogP contribution in [-0.2, 0) is 23.9 Å². The van der Waals surface area contributed by atoms with Crippen LogP contribution in [0.1, 0.15) is 54.9 Å². The highest BCUT2D eigenvalue weighted by Crippen LogP contribution is 2.31. The number of aryl methyl sites for hydroxylation is 1. The highest BCUT2D eigenvalue weighted by molar-refractivity contribution is 5.77. The fraction of sp³-hybridized carbons (Fsp3) is 0.500. The van der Waals surface area contributed by atoms with Gasteiger partial charge in [0.15, 0.2) is 5.82 Å². The van der Waals surface area contributed by atoms with Crippen molar-refractivity contribution in [2.45, 2.75) is 51.2 Å². The first-order chi connectivity index (χ1) is 12.4. The second-order valence-corrected chi connectivity index (χ2v) is 6.51. The van der Waals surface area contributed by atoms with Gasteiger partial charge < -0.3 is 9.42 Å². The van der Waals surface area contributed by atoms with Gasteiger partial charge in [0.1, 0.15) is 0 Å². The zero-order valence-electron chi connectivity index (χ0n) is 14.4. The van der Waals surface area contributed by atoms with Crippen molar-refractivity contribution in [3.05, 3.63) is 47.1 Å². The van der Waals surface area contributed by atoms with Gasteiger partial charge in [-0.2, -0.15) is 18.2 Å². The van der Waals surface area contributed by atoms with Crippen molar-refractivity contribution in [3.8, 4) is 0 Å². The maximum Gasteiger partial charge on any atom is 0.416 e. The average molecular weight is 367 g/mol. The second-order valence-electron chi connectivity index (χ2n) is 6.51. The highest BCUT2D eigenvalue weighted by atomic mass is 19.4. The number of nitrogens with zero attached hydrogens (tertiary/aromatic N) is 3. The molecule has 1 amide bonds. The minimum absolute atomic E-state index is 0.0769. The van der Waals surface area contributed by atoms with E-state index < -0.39 is 11.7 Å². The van der Waals surface area contributed by atoms with E-state index in [1.807, 2.05) is 6.92 Å². The topological polar surface area (TPSA) is 59.2 Å². The predicted molar refractivity (Wildman–Crippen MR) is 87.1 cm³/mol. The van der Waals surface area contributed by atoms with Gasteiger partial charge in [0.05, 0.1) is 11.5 Å². The van der Waals surface area contributed by atoms with Gasteiger partial charge in [-0.3, -0.25) is 4.79 Å². The molecule has 26 heavy (non-hydrogen) atoms. The maximum absolute atomic E-state index is 12.9. The van der Waals surface area contributed by atoms with E-state index in [1.54, 1.807) is 11.0 Å². The van der Waals surface area contributed by atoms with Crippen molar-refractivity contribution >= 4 is 5.91 Å². The zero-order valence-corrected chi connectivity index (χ0v) is 14.4. The molecule has 0 saturated carbocycles. The van der Waals surface area contributed by atoms with E-state index in [2.05, 4.69) is 10.1 Å². The third-order valence-corrected chi connectivity index (χ3v) is 4.43. The van der Waals surface area contributed by atoms with E-state index in [0.29, 0.717) is 36.7 Å². The normalized spacial score (nSPS) is 18.4. The highest BCUT2D eigenvalue weighted by Gasteiger charge is 2.32. The molecule has 1 aromatic heterocycles. The van der Waals surface area contributed by atoms with Crippen LogP contribution in [0.15, 0.2) is 28.8 Å². The third kappa shape index (κ3) is 4.23. The summed E-state index contributed by atoms with van der Waals surface area (Å²) in [4.78, 5) is 18.1. The fourth-order valence-electron chi connectivity index (χ4n) is 3.09. The van der Waals surface area contributed by atoms with Crippen molar-refractivity contribution in [1.29, 1.82) is 0 Å². The molecule has 1 aliphatic heterocycles. The number of carbonyl (C=O) groups excluding carboxylic acids is 1. The number of halogens is 3. The van der Waals surface area contributed by atoms with Gasteiger partial charge >= 0.3 is 6.18 Å². The number of hydrogen-bond donors (Lipinski definition) is 0. The minimum Gasteiger partial charge on any atom is -0.339 e. The van der Waals surface area contributed by atoms with Crippen LogP contribution in [0.4, 0.5) is 13.2 Å². The van der Waals surface area contributed by atoms with Crippen LogP contribution >= 0.6 is 0 Å². The van der Waals surface area contributed by atoms with Crippen LogP contribution in [0.25, 0.3) is 0 Å². The van der Waals surface area contributed by atoms with E-state index in [1.165, 1.54) is 6.07 Å². The van der Waals surface area contributed by atoms with Gasteiger partial charge in [-0.15, -0.1) is 0 Å². The molecule has 0 bridgehead atoms. The summed E-state index contributed by atoms with van der Waals surface area (Å²) in [6.45, 7) is 2.52. The summed E-state index contributed by atoms with van der Waals surface area (Å²) in [6, 6.07) is 5.07. The van der Waals surface area contributed by atoms with Crippen LogP contribution in [0, 0.1) is 0 Å². The molecule has 2 aromatic rings. The molecule has 0 radical (unpaired) electrons. The van der Waals surface area contributed by atoms with Crippen LogP contribution in [0.3, 0.4) is 0 Å². The van der Waals surface area contributed by atoms with E-state index >= 15 is 0 Å². The van der Waals surface area contributed by atoms with Crippen LogP contribution in [0.5, 0.6) is 0 Å². The molecule has 140 valence electrons. The van der Waals surface area contributed by atoms with Gasteiger partial charge in [-0.25, -0.2) is 0 Å². The lowest BCUT2D eigenvalue weighted by molar-refractivity contribution is -0.137. The number of rotatable bonds is 5. The van der Waals surface area contributed by atoms with E-state index in [9.17, 15) is 18.0 Å². The number of aromatic nitrogens is 2. The monoisotopic (exact) mass is 367 g/mol. The predicted octanol–water partition coefficient (Wildman–Crippen LogP) is 3.95. The smallest absolute Gasteiger partial charge is 0.339 e. The quantitative estimate of drug-likeness (QED) is 0.803. The van der Waals surface area contributed by atoms with Gasteiger partial charge in [0.25, 0.3) is 0 Å². The average Bonchev–Trinajstić information content (AvgIpc) is 3.05. The Morgan fingerprint density at radius 3 is 2.88 bits per heavy atom. The standard InChI is InChI=1S/C18H20F3N3O2/c1-2-4-15-22-17(26-23-15)13-7-8-16(25)24(11-13)10-12-5-3-6-14(9-12)18(19,20)21/h3,5-6,9,13H,2,4,7-8,10-11H2,1H3. The van der Waals surface area contributed by atoms with Crippen molar-refractivity contribution in [2.24, 2.45) is 0 Å². The molecular weight excluding hydrogens is 347 g/mol. The lowest BCUT2D eigenvalue weighted by atomic mass is 9.96. The molecule has 0 spiro atoms. The summed E-state index contributed by atoms with van der Waals surface area (Å²) in [7, 11) is 0. The third-order valence-electron chi connectivity index (χ3n) is 4.43. The Morgan fingerprint density at radius 2 is 2.15 bits per heavy atom. The Balaban J connectivity index is 1.71. The van der Waals surface area contributed by atoms with Gasteiger partial charge in [0, 0.05) is 25.9 Å². The molecule has 1 fully saturated rings. The Bertz CT molecular complexity index is 773. The molecule has 1 aromatic carbocycles. The molecule has 5 nitrogen and oxygen atoms in total. The molecule has 8 heteroatoms. The molecule has 0 N–H and O–H groups in total. The first-order valence-corrected chi connectivity index (χ1v) is 8.63. The maximum atomic E-state index is 12.9. The summed E-state index contributed by atoms with van der Waals surface area (Å²) in [6.07, 6.45) is -1.85. The summed E-state index contributed by atoms with van der Waals surface area (Å²) < 4.78 is 43.9. The molecule has 1 aliphatic rings. The summed E-state index contributed by atoms with van der Waals surface area (Å²) in [5, 5.41) is 3.93. The van der Waals surface area contributed by atoms with E-state index in [4.69, 9.17) is 4.52 Å². The minimum atomic E-state index is -4.40. The molecule has 3 rings (SSSR count). The summed E-state index contributed by atoms with van der Waals surface area (Å²) in [5.74, 6) is 0.974. The number of alkyl halides is 3. The van der Waals surface area contributed by atoms with Crippen LogP contribution in [0.2, 0.25) is 0 Å². The van der Waals surface area contributed by atoms with E-state index in [-0.39, 0.29) is 18.4 Å². The van der Waals surface area contributed by atoms with Crippen molar-refractivity contribution in [3.63, 3.8) is 0 Å². The Kier molecular flexibility index (Phi) is 5.29. The molecule has 0 aliphatic carbocycles. The second kappa shape index (κ2) is 7.47. The Labute approximate surface area is 149 Å². The van der Waals surface area contributed by atoms with Gasteiger partial charge in [-0.1, -0.05) is 24.2 Å². The van der Waals surface area contributed by atoms with Crippen molar-refractivity contribution < 1.29 is 22.5 Å². The van der Waals surface area contributed by atoms with Crippen molar-refractivity contribution in [1.82, 2.24) is 15.0 Å². The number of amides is 1. The number of carbonyl (C=O) groups is 1. The molecule has 1 atom stereocenters. The largest absolute Gasteiger partial charge is 0.416 e. The lowest BCUT2D eigenvalue weighted by Gasteiger charge is -2.31. The number of likely N-dealkylation sites (tertiary alicyclic amines) is 1.